The number of hydrogen-bond donors (Lipinski definition) is 1. The molecular formula is C12H23NO2. The van der Waals surface area contributed by atoms with Gasteiger partial charge in [-0.05, 0) is 18.8 Å². The maximum absolute atomic E-state index is 6.01. The topological polar surface area (TPSA) is 44.5 Å². The van der Waals surface area contributed by atoms with Crippen LogP contribution in [0.4, 0.5) is 0 Å². The minimum absolute atomic E-state index is 0.0696. The van der Waals surface area contributed by atoms with E-state index in [1.165, 1.54) is 32.1 Å². The third kappa shape index (κ3) is 3.74. The van der Waals surface area contributed by atoms with E-state index in [4.69, 9.17) is 15.2 Å². The lowest BCUT2D eigenvalue weighted by atomic mass is 9.86. The van der Waals surface area contributed by atoms with Crippen molar-refractivity contribution in [1.82, 2.24) is 0 Å². The Morgan fingerprint density at radius 3 is 2.67 bits per heavy atom. The Bertz CT molecular complexity index is 174. The first-order valence-electron chi connectivity index (χ1n) is 6.33. The highest BCUT2D eigenvalue weighted by Crippen LogP contribution is 2.27. The van der Waals surface area contributed by atoms with E-state index in [9.17, 15) is 0 Å². The first-order valence-corrected chi connectivity index (χ1v) is 6.33. The lowest BCUT2D eigenvalue weighted by molar-refractivity contribution is -0.0256. The van der Waals surface area contributed by atoms with Gasteiger partial charge in [0, 0.05) is 6.61 Å². The second-order valence-corrected chi connectivity index (χ2v) is 4.90. The molecule has 0 aromatic heterocycles. The molecule has 0 spiro atoms. The molecule has 0 amide bonds. The van der Waals surface area contributed by atoms with Crippen LogP contribution < -0.4 is 5.73 Å². The van der Waals surface area contributed by atoms with Crippen molar-refractivity contribution < 1.29 is 9.47 Å². The van der Waals surface area contributed by atoms with Crippen LogP contribution in [0.5, 0.6) is 0 Å². The zero-order valence-corrected chi connectivity index (χ0v) is 9.49. The van der Waals surface area contributed by atoms with Crippen molar-refractivity contribution in [2.24, 2.45) is 11.7 Å². The van der Waals surface area contributed by atoms with Gasteiger partial charge >= 0.3 is 0 Å². The molecular weight excluding hydrogens is 190 g/mol. The number of ether oxygens (including phenoxy) is 2. The predicted molar refractivity (Wildman–Crippen MR) is 59.5 cm³/mol. The van der Waals surface area contributed by atoms with Gasteiger partial charge < -0.3 is 15.2 Å². The van der Waals surface area contributed by atoms with Gasteiger partial charge in [-0.1, -0.05) is 32.1 Å². The Morgan fingerprint density at radius 2 is 2.00 bits per heavy atom. The molecule has 2 aliphatic rings. The molecule has 2 unspecified atom stereocenters. The summed E-state index contributed by atoms with van der Waals surface area (Å²) in [5.41, 5.74) is 6.01. The molecule has 88 valence electrons. The third-order valence-corrected chi connectivity index (χ3v) is 3.55. The van der Waals surface area contributed by atoms with Gasteiger partial charge in [-0.2, -0.15) is 0 Å². The van der Waals surface area contributed by atoms with E-state index in [0.717, 1.165) is 32.0 Å². The van der Waals surface area contributed by atoms with Crippen LogP contribution in [0.15, 0.2) is 0 Å². The highest BCUT2D eigenvalue weighted by Gasteiger charge is 2.22. The number of nitrogens with two attached hydrogens (primary N) is 1. The Labute approximate surface area is 92.3 Å². The fraction of sp³-hybridized carbons (Fsp3) is 1.00. The summed E-state index contributed by atoms with van der Waals surface area (Å²) in [5, 5.41) is 0. The zero-order valence-electron chi connectivity index (χ0n) is 9.49. The van der Waals surface area contributed by atoms with Gasteiger partial charge in [-0.3, -0.25) is 0 Å². The molecule has 2 rings (SSSR count). The van der Waals surface area contributed by atoms with E-state index >= 15 is 0 Å². The van der Waals surface area contributed by atoms with Crippen molar-refractivity contribution in [2.75, 3.05) is 13.2 Å². The Balaban J connectivity index is 1.64. The van der Waals surface area contributed by atoms with E-state index in [1.54, 1.807) is 0 Å². The van der Waals surface area contributed by atoms with Crippen LogP contribution >= 0.6 is 0 Å². The van der Waals surface area contributed by atoms with Crippen LogP contribution in [-0.2, 0) is 9.47 Å². The van der Waals surface area contributed by atoms with Crippen LogP contribution in [0.3, 0.4) is 0 Å². The maximum Gasteiger partial charge on any atom is 0.106 e. The average Bonchev–Trinajstić information content (AvgIpc) is 2.71. The van der Waals surface area contributed by atoms with Crippen LogP contribution in [0.1, 0.15) is 44.9 Å². The highest BCUT2D eigenvalue weighted by molar-refractivity contribution is 4.70. The standard InChI is InChI=1S/C12H23NO2/c13-12(15-11-6-7-14-9-11)8-10-4-2-1-3-5-10/h10-12H,1-9,13H2. The first-order chi connectivity index (χ1) is 7.34. The van der Waals surface area contributed by atoms with Crippen LogP contribution in [0.2, 0.25) is 0 Å². The molecule has 1 heterocycles. The van der Waals surface area contributed by atoms with E-state index in [1.807, 2.05) is 0 Å². The summed E-state index contributed by atoms with van der Waals surface area (Å²) in [7, 11) is 0. The largest absolute Gasteiger partial charge is 0.379 e. The molecule has 2 fully saturated rings. The maximum atomic E-state index is 6.01. The summed E-state index contributed by atoms with van der Waals surface area (Å²) < 4.78 is 11.0. The fourth-order valence-corrected chi connectivity index (χ4v) is 2.67. The summed E-state index contributed by atoms with van der Waals surface area (Å²) in [5.74, 6) is 0.802. The van der Waals surface area contributed by atoms with Gasteiger partial charge in [0.1, 0.15) is 6.23 Å². The van der Waals surface area contributed by atoms with Gasteiger partial charge in [0.2, 0.25) is 0 Å². The van der Waals surface area contributed by atoms with Gasteiger partial charge in [0.05, 0.1) is 12.7 Å². The first kappa shape index (κ1) is 11.4. The van der Waals surface area contributed by atoms with Crippen molar-refractivity contribution >= 4 is 0 Å². The Hall–Kier alpha value is -0.120. The second-order valence-electron chi connectivity index (χ2n) is 4.90. The molecule has 2 N–H and O–H groups in total. The monoisotopic (exact) mass is 213 g/mol. The minimum atomic E-state index is -0.0696. The molecule has 3 nitrogen and oxygen atoms in total. The van der Waals surface area contributed by atoms with Crippen LogP contribution in [0.25, 0.3) is 0 Å². The van der Waals surface area contributed by atoms with Crippen molar-refractivity contribution in [1.29, 1.82) is 0 Å². The molecule has 1 aliphatic carbocycles. The van der Waals surface area contributed by atoms with Gasteiger partial charge in [0.25, 0.3) is 0 Å². The van der Waals surface area contributed by atoms with E-state index < -0.39 is 0 Å². The lowest BCUT2D eigenvalue weighted by Crippen LogP contribution is -2.32. The van der Waals surface area contributed by atoms with Crippen molar-refractivity contribution in [3.63, 3.8) is 0 Å². The predicted octanol–water partition coefficient (Wildman–Crippen LogP) is 2.05. The van der Waals surface area contributed by atoms with Gasteiger partial charge in [0.15, 0.2) is 0 Å². The third-order valence-electron chi connectivity index (χ3n) is 3.55. The summed E-state index contributed by atoms with van der Waals surface area (Å²) >= 11 is 0. The van der Waals surface area contributed by atoms with Crippen molar-refractivity contribution in [3.05, 3.63) is 0 Å². The van der Waals surface area contributed by atoms with E-state index in [0.29, 0.717) is 0 Å². The molecule has 2 atom stereocenters. The lowest BCUT2D eigenvalue weighted by Gasteiger charge is -2.25. The highest BCUT2D eigenvalue weighted by atomic mass is 16.6. The summed E-state index contributed by atoms with van der Waals surface area (Å²) in [6.45, 7) is 1.57. The number of rotatable bonds is 4. The van der Waals surface area contributed by atoms with Crippen molar-refractivity contribution in [3.8, 4) is 0 Å². The molecule has 1 saturated heterocycles. The quantitative estimate of drug-likeness (QED) is 0.727. The molecule has 0 bridgehead atoms. The molecule has 15 heavy (non-hydrogen) atoms. The molecule has 3 heteroatoms. The molecule has 0 aromatic carbocycles. The minimum Gasteiger partial charge on any atom is -0.379 e. The Kier molecular flexibility index (Phi) is 4.42. The summed E-state index contributed by atoms with van der Waals surface area (Å²) in [6.07, 6.45) is 9.09. The van der Waals surface area contributed by atoms with E-state index in [-0.39, 0.29) is 12.3 Å². The molecule has 0 aromatic rings. The number of hydrogen-bond acceptors (Lipinski definition) is 3. The van der Waals surface area contributed by atoms with Crippen LogP contribution in [0, 0.1) is 5.92 Å². The zero-order chi connectivity index (χ0) is 10.5. The fourth-order valence-electron chi connectivity index (χ4n) is 2.67. The molecule has 1 aliphatic heterocycles. The molecule has 0 radical (unpaired) electrons. The van der Waals surface area contributed by atoms with Crippen LogP contribution in [-0.4, -0.2) is 25.5 Å². The van der Waals surface area contributed by atoms with Gasteiger partial charge in [-0.25, -0.2) is 0 Å². The Morgan fingerprint density at radius 1 is 1.20 bits per heavy atom. The normalized spacial score (nSPS) is 30.6. The average molecular weight is 213 g/mol. The summed E-state index contributed by atoms with van der Waals surface area (Å²) in [6, 6.07) is 0. The van der Waals surface area contributed by atoms with E-state index in [2.05, 4.69) is 0 Å². The molecule has 1 saturated carbocycles. The second kappa shape index (κ2) is 5.83. The SMILES string of the molecule is NC(CC1CCCCC1)OC1CCOC1. The van der Waals surface area contributed by atoms with Crippen molar-refractivity contribution in [2.45, 2.75) is 57.3 Å². The smallest absolute Gasteiger partial charge is 0.106 e. The summed E-state index contributed by atoms with van der Waals surface area (Å²) in [4.78, 5) is 0. The van der Waals surface area contributed by atoms with Gasteiger partial charge in [-0.15, -0.1) is 0 Å².